The van der Waals surface area contributed by atoms with Crippen molar-refractivity contribution in [3.05, 3.63) is 37.0 Å². The summed E-state index contributed by atoms with van der Waals surface area (Å²) in [6.45, 7) is 3.65. The Morgan fingerprint density at radius 3 is 2.60 bits per heavy atom. The third-order valence-electron chi connectivity index (χ3n) is 4.72. The minimum atomic E-state index is -0.792. The van der Waals surface area contributed by atoms with Crippen LogP contribution < -0.4 is 0 Å². The summed E-state index contributed by atoms with van der Waals surface area (Å²) in [6.07, 6.45) is 12.4. The first-order chi connectivity index (χ1) is 12.0. The van der Waals surface area contributed by atoms with Crippen LogP contribution in [-0.2, 0) is 4.79 Å². The van der Waals surface area contributed by atoms with Crippen molar-refractivity contribution in [2.24, 2.45) is 11.8 Å². The van der Waals surface area contributed by atoms with Crippen molar-refractivity contribution in [1.29, 1.82) is 0 Å². The lowest BCUT2D eigenvalue weighted by atomic mass is 9.89. The quantitative estimate of drug-likeness (QED) is 0.320. The number of aliphatic hydroxyl groups excluding tert-OH is 3. The van der Waals surface area contributed by atoms with Crippen LogP contribution in [0.2, 0.25) is 0 Å². The Bertz CT molecular complexity index is 457. The van der Waals surface area contributed by atoms with E-state index in [2.05, 4.69) is 6.58 Å². The molecule has 0 aromatic heterocycles. The number of carbonyl (C=O) groups is 1. The third-order valence-corrected chi connectivity index (χ3v) is 4.72. The summed E-state index contributed by atoms with van der Waals surface area (Å²) in [4.78, 5) is 10.5. The number of carboxylic acids is 1. The third kappa shape index (κ3) is 8.47. The molecular formula is C20H32O5. The number of hydrogen-bond acceptors (Lipinski definition) is 4. The van der Waals surface area contributed by atoms with Gasteiger partial charge in [-0.1, -0.05) is 30.4 Å². The molecule has 1 rings (SSSR count). The van der Waals surface area contributed by atoms with E-state index in [1.54, 1.807) is 6.08 Å². The molecule has 1 aliphatic carbocycles. The molecule has 0 spiro atoms. The second kappa shape index (κ2) is 12.0. The van der Waals surface area contributed by atoms with Crippen LogP contribution in [0.25, 0.3) is 0 Å². The molecule has 1 fully saturated rings. The lowest BCUT2D eigenvalue weighted by Crippen LogP contribution is -2.20. The van der Waals surface area contributed by atoms with Crippen molar-refractivity contribution in [2.75, 3.05) is 0 Å². The maximum atomic E-state index is 10.5. The van der Waals surface area contributed by atoms with E-state index in [9.17, 15) is 20.1 Å². The van der Waals surface area contributed by atoms with Gasteiger partial charge in [-0.3, -0.25) is 4.79 Å². The Morgan fingerprint density at radius 2 is 1.92 bits per heavy atom. The van der Waals surface area contributed by atoms with Gasteiger partial charge in [-0.05, 0) is 44.4 Å². The molecule has 0 aromatic carbocycles. The highest BCUT2D eigenvalue weighted by molar-refractivity contribution is 5.66. The van der Waals surface area contributed by atoms with Crippen LogP contribution in [0.3, 0.4) is 0 Å². The van der Waals surface area contributed by atoms with Gasteiger partial charge in [0.25, 0.3) is 0 Å². The van der Waals surface area contributed by atoms with Gasteiger partial charge in [-0.2, -0.15) is 0 Å². The number of aliphatic carboxylic acids is 1. The SMILES string of the molecule is C=CCCCC(O)C=C[C@H]1C(O)CC(O)[C@@H]1CC=CCCCC(=O)O. The zero-order valence-corrected chi connectivity index (χ0v) is 14.8. The van der Waals surface area contributed by atoms with Crippen LogP contribution in [0.4, 0.5) is 0 Å². The zero-order chi connectivity index (χ0) is 18.7. The summed E-state index contributed by atoms with van der Waals surface area (Å²) in [5.41, 5.74) is 0. The van der Waals surface area contributed by atoms with Crippen molar-refractivity contribution >= 4 is 5.97 Å². The number of allylic oxidation sites excluding steroid dienone is 3. The van der Waals surface area contributed by atoms with E-state index in [1.165, 1.54) is 0 Å². The minimum Gasteiger partial charge on any atom is -0.481 e. The molecule has 1 aliphatic rings. The summed E-state index contributed by atoms with van der Waals surface area (Å²) in [5.74, 6) is -1.05. The molecule has 4 N–H and O–H groups in total. The van der Waals surface area contributed by atoms with Gasteiger partial charge >= 0.3 is 5.97 Å². The summed E-state index contributed by atoms with van der Waals surface area (Å²) in [7, 11) is 0. The molecule has 1 saturated carbocycles. The largest absolute Gasteiger partial charge is 0.481 e. The maximum absolute atomic E-state index is 10.5. The van der Waals surface area contributed by atoms with Crippen LogP contribution in [0.5, 0.6) is 0 Å². The van der Waals surface area contributed by atoms with E-state index in [0.717, 1.165) is 12.8 Å². The smallest absolute Gasteiger partial charge is 0.303 e. The number of hydrogen-bond donors (Lipinski definition) is 4. The van der Waals surface area contributed by atoms with Gasteiger partial charge in [0.15, 0.2) is 0 Å². The minimum absolute atomic E-state index is 0.0812. The van der Waals surface area contributed by atoms with E-state index in [4.69, 9.17) is 5.11 Å². The Kier molecular flexibility index (Phi) is 10.4. The molecule has 0 heterocycles. The highest BCUT2D eigenvalue weighted by Crippen LogP contribution is 2.36. The Hall–Kier alpha value is -1.43. The van der Waals surface area contributed by atoms with E-state index >= 15 is 0 Å². The van der Waals surface area contributed by atoms with Crippen molar-refractivity contribution in [3.63, 3.8) is 0 Å². The van der Waals surface area contributed by atoms with Gasteiger partial charge in [0, 0.05) is 18.8 Å². The average Bonchev–Trinajstić information content (AvgIpc) is 2.82. The van der Waals surface area contributed by atoms with Crippen molar-refractivity contribution in [1.82, 2.24) is 0 Å². The maximum Gasteiger partial charge on any atom is 0.303 e. The molecule has 0 aromatic rings. The molecule has 0 aliphatic heterocycles. The van der Waals surface area contributed by atoms with Crippen molar-refractivity contribution < 1.29 is 25.2 Å². The number of aliphatic hydroxyl groups is 3. The Morgan fingerprint density at radius 1 is 1.16 bits per heavy atom. The molecule has 0 saturated heterocycles. The van der Waals surface area contributed by atoms with Crippen molar-refractivity contribution in [3.8, 4) is 0 Å². The van der Waals surface area contributed by atoms with Crippen LogP contribution >= 0.6 is 0 Å². The van der Waals surface area contributed by atoms with Gasteiger partial charge in [-0.15, -0.1) is 6.58 Å². The number of carboxylic acid groups (broad SMARTS) is 1. The highest BCUT2D eigenvalue weighted by atomic mass is 16.4. The van der Waals surface area contributed by atoms with E-state index in [-0.39, 0.29) is 18.3 Å². The molecule has 0 amide bonds. The van der Waals surface area contributed by atoms with Gasteiger partial charge in [0.05, 0.1) is 18.3 Å². The Balaban J connectivity index is 2.47. The average molecular weight is 352 g/mol. The van der Waals surface area contributed by atoms with Gasteiger partial charge in [-0.25, -0.2) is 0 Å². The lowest BCUT2D eigenvalue weighted by Gasteiger charge is -2.19. The second-order valence-electron chi connectivity index (χ2n) is 6.78. The van der Waals surface area contributed by atoms with Crippen LogP contribution in [0.1, 0.15) is 51.4 Å². The molecule has 25 heavy (non-hydrogen) atoms. The fourth-order valence-electron chi connectivity index (χ4n) is 3.27. The van der Waals surface area contributed by atoms with Crippen molar-refractivity contribution in [2.45, 2.75) is 69.7 Å². The van der Waals surface area contributed by atoms with Crippen LogP contribution in [0, 0.1) is 11.8 Å². The predicted molar refractivity (Wildman–Crippen MR) is 98.0 cm³/mol. The second-order valence-corrected chi connectivity index (χ2v) is 6.78. The highest BCUT2D eigenvalue weighted by Gasteiger charge is 2.39. The summed E-state index contributed by atoms with van der Waals surface area (Å²) in [5, 5.41) is 38.9. The first kappa shape index (κ1) is 21.6. The normalized spacial score (nSPS) is 28.0. The topological polar surface area (TPSA) is 98.0 Å². The summed E-state index contributed by atoms with van der Waals surface area (Å²) in [6, 6.07) is 0. The van der Waals surface area contributed by atoms with Gasteiger partial charge in [0.1, 0.15) is 0 Å². The van der Waals surface area contributed by atoms with Crippen LogP contribution in [-0.4, -0.2) is 44.7 Å². The molecule has 142 valence electrons. The molecule has 0 bridgehead atoms. The first-order valence-corrected chi connectivity index (χ1v) is 9.16. The van der Waals surface area contributed by atoms with Gasteiger partial charge in [0.2, 0.25) is 0 Å². The molecule has 3 unspecified atom stereocenters. The van der Waals surface area contributed by atoms with Crippen LogP contribution in [0.15, 0.2) is 37.0 Å². The first-order valence-electron chi connectivity index (χ1n) is 9.16. The van der Waals surface area contributed by atoms with E-state index < -0.39 is 24.3 Å². The molecule has 5 heteroatoms. The summed E-state index contributed by atoms with van der Waals surface area (Å²) >= 11 is 0. The zero-order valence-electron chi connectivity index (χ0n) is 14.8. The monoisotopic (exact) mass is 352 g/mol. The fraction of sp³-hybridized carbons (Fsp3) is 0.650. The number of rotatable bonds is 12. The molecule has 5 nitrogen and oxygen atoms in total. The number of unbranched alkanes of at least 4 members (excludes halogenated alkanes) is 2. The van der Waals surface area contributed by atoms with E-state index in [1.807, 2.05) is 24.3 Å². The molecule has 5 atom stereocenters. The molecule has 0 radical (unpaired) electrons. The lowest BCUT2D eigenvalue weighted by molar-refractivity contribution is -0.137. The Labute approximate surface area is 150 Å². The van der Waals surface area contributed by atoms with E-state index in [0.29, 0.717) is 32.1 Å². The fourth-order valence-corrected chi connectivity index (χ4v) is 3.27. The van der Waals surface area contributed by atoms with Gasteiger partial charge < -0.3 is 20.4 Å². The molecular weight excluding hydrogens is 320 g/mol. The standard InChI is InChI=1S/C20H32O5/c1-2-3-6-9-15(21)12-13-17-16(18(22)14-19(17)23)10-7-4-5-8-11-20(24)25/h2,4,7,12-13,15-19,21-23H,1,3,5-6,8-11,14H2,(H,24,25)/t15?,16-,17-,18?,19?/m1/s1. The summed E-state index contributed by atoms with van der Waals surface area (Å²) < 4.78 is 0. The predicted octanol–water partition coefficient (Wildman–Crippen LogP) is 2.82.